The number of aliphatic hydroxyl groups is 1. The van der Waals surface area contributed by atoms with E-state index in [4.69, 9.17) is 26.1 Å². The van der Waals surface area contributed by atoms with Gasteiger partial charge in [-0.1, -0.05) is 37.6 Å². The summed E-state index contributed by atoms with van der Waals surface area (Å²) in [6.45, 7) is 6.58. The number of nitrogens with zero attached hydrogens (tertiary/aromatic N) is 2. The van der Waals surface area contributed by atoms with Crippen LogP contribution in [0.4, 0.5) is 5.69 Å². The van der Waals surface area contributed by atoms with Crippen molar-refractivity contribution in [3.8, 4) is 17.1 Å². The lowest BCUT2D eigenvalue weighted by atomic mass is 10.0. The number of anilines is 1. The number of hydrogen-bond donors (Lipinski definition) is 2. The van der Waals surface area contributed by atoms with Crippen molar-refractivity contribution in [2.45, 2.75) is 45.0 Å². The zero-order valence-corrected chi connectivity index (χ0v) is 21.2. The Morgan fingerprint density at radius 1 is 1.15 bits per heavy atom. The molecule has 3 aliphatic rings. The fourth-order valence-corrected chi connectivity index (χ4v) is 6.31. The molecule has 4 atom stereocenters. The average molecular weight is 502 g/mol. The highest BCUT2D eigenvalue weighted by atomic mass is 35.5. The van der Waals surface area contributed by atoms with E-state index < -0.39 is 0 Å². The van der Waals surface area contributed by atoms with E-state index in [1.807, 2.05) is 37.7 Å². The molecule has 4 heterocycles. The van der Waals surface area contributed by atoms with Gasteiger partial charge in [0.15, 0.2) is 5.88 Å². The number of thioether (sulfide) groups is 1. The van der Waals surface area contributed by atoms with Gasteiger partial charge >= 0.3 is 0 Å². The van der Waals surface area contributed by atoms with E-state index in [9.17, 15) is 5.11 Å². The van der Waals surface area contributed by atoms with Gasteiger partial charge in [-0.3, -0.25) is 0 Å². The second-order valence-corrected chi connectivity index (χ2v) is 10.4. The Bertz CT molecular complexity index is 1120. The second-order valence-electron chi connectivity index (χ2n) is 8.79. The van der Waals surface area contributed by atoms with Crippen molar-refractivity contribution in [2.75, 3.05) is 36.1 Å². The number of H-pyrrole nitrogens is 1. The Kier molecular flexibility index (Phi) is 7.25. The molecule has 2 saturated heterocycles. The molecular formula is C26H32ClN3O3S. The Morgan fingerprint density at radius 2 is 1.91 bits per heavy atom. The van der Waals surface area contributed by atoms with Gasteiger partial charge in [-0.05, 0) is 31.0 Å². The topological polar surface area (TPSA) is 70.6 Å². The van der Waals surface area contributed by atoms with E-state index in [0.29, 0.717) is 17.5 Å². The minimum Gasteiger partial charge on any atom is -0.473 e. The molecule has 6 rings (SSSR count). The molecule has 0 radical (unpaired) electrons. The number of pyridine rings is 1. The van der Waals surface area contributed by atoms with Crippen molar-refractivity contribution in [2.24, 2.45) is 5.92 Å². The summed E-state index contributed by atoms with van der Waals surface area (Å²) in [4.78, 5) is 10.5. The van der Waals surface area contributed by atoms with E-state index in [2.05, 4.69) is 34.1 Å². The molecule has 1 unspecified atom stereocenters. The standard InChI is InChI=1S/C24H26ClN3O3S.C2H6/c25-17-11-18-19(12-22(26-18)31-21-6-5-16-20(29)13-30-24(16)21)27-23(17)14-1-3-15(4-2-14)28-7-9-32-10-8-28;1-2/h1-4,11-12,16,20-21,24,26,29H,5-10,13H2;1-2H3/t16?,20-,21-,24+;/m1./s1. The lowest BCUT2D eigenvalue weighted by molar-refractivity contribution is 0.0154. The predicted octanol–water partition coefficient (Wildman–Crippen LogP) is 5.38. The van der Waals surface area contributed by atoms with Crippen LogP contribution in [0.1, 0.15) is 26.7 Å². The van der Waals surface area contributed by atoms with Gasteiger partial charge in [0, 0.05) is 47.8 Å². The van der Waals surface area contributed by atoms with Gasteiger partial charge in [-0.25, -0.2) is 4.98 Å². The van der Waals surface area contributed by atoms with Gasteiger partial charge in [0.1, 0.15) is 6.10 Å². The number of aromatic nitrogens is 2. The van der Waals surface area contributed by atoms with E-state index in [-0.39, 0.29) is 24.2 Å². The predicted molar refractivity (Wildman–Crippen MR) is 140 cm³/mol. The summed E-state index contributed by atoms with van der Waals surface area (Å²) in [6, 6.07) is 12.4. The number of ether oxygens (including phenoxy) is 2. The minimum absolute atomic E-state index is 0.0412. The maximum absolute atomic E-state index is 10.0. The van der Waals surface area contributed by atoms with Crippen LogP contribution in [-0.2, 0) is 4.74 Å². The molecule has 34 heavy (non-hydrogen) atoms. The molecule has 0 spiro atoms. The van der Waals surface area contributed by atoms with Crippen LogP contribution >= 0.6 is 23.4 Å². The van der Waals surface area contributed by atoms with Crippen LogP contribution in [0.3, 0.4) is 0 Å². The third-order valence-electron chi connectivity index (χ3n) is 6.85. The molecule has 182 valence electrons. The van der Waals surface area contributed by atoms with Crippen molar-refractivity contribution >= 4 is 40.1 Å². The summed E-state index contributed by atoms with van der Waals surface area (Å²) in [6.07, 6.45) is 1.33. The van der Waals surface area contributed by atoms with Gasteiger partial charge in [-0.15, -0.1) is 0 Å². The first-order chi connectivity index (χ1) is 16.7. The zero-order chi connectivity index (χ0) is 23.7. The minimum atomic E-state index is -0.375. The molecule has 2 aliphatic heterocycles. The summed E-state index contributed by atoms with van der Waals surface area (Å²) in [5.41, 5.74) is 4.69. The van der Waals surface area contributed by atoms with Gasteiger partial charge in [0.25, 0.3) is 0 Å². The van der Waals surface area contributed by atoms with Crippen molar-refractivity contribution in [1.29, 1.82) is 0 Å². The molecule has 1 aliphatic carbocycles. The monoisotopic (exact) mass is 501 g/mol. The van der Waals surface area contributed by atoms with E-state index in [0.717, 1.165) is 48.2 Å². The number of aliphatic hydroxyl groups excluding tert-OH is 1. The highest BCUT2D eigenvalue weighted by Gasteiger charge is 2.47. The molecule has 2 N–H and O–H groups in total. The summed E-state index contributed by atoms with van der Waals surface area (Å²) >= 11 is 8.62. The van der Waals surface area contributed by atoms with Crippen LogP contribution in [0, 0.1) is 5.92 Å². The Balaban J connectivity index is 0.00000117. The molecule has 1 saturated carbocycles. The molecule has 6 nitrogen and oxygen atoms in total. The van der Waals surface area contributed by atoms with Gasteiger partial charge in [-0.2, -0.15) is 11.8 Å². The summed E-state index contributed by atoms with van der Waals surface area (Å²) < 4.78 is 12.0. The lowest BCUT2D eigenvalue weighted by Crippen LogP contribution is -2.32. The van der Waals surface area contributed by atoms with Crippen LogP contribution < -0.4 is 9.64 Å². The van der Waals surface area contributed by atoms with E-state index >= 15 is 0 Å². The molecular weight excluding hydrogens is 470 g/mol. The molecule has 3 aromatic rings. The first kappa shape index (κ1) is 23.8. The number of benzene rings is 1. The fourth-order valence-electron chi connectivity index (χ4n) is 5.15. The Hall–Kier alpha value is -1.93. The van der Waals surface area contributed by atoms with Crippen molar-refractivity contribution in [3.05, 3.63) is 41.4 Å². The van der Waals surface area contributed by atoms with Crippen LogP contribution in [0.2, 0.25) is 5.02 Å². The summed E-state index contributed by atoms with van der Waals surface area (Å²) in [7, 11) is 0. The van der Waals surface area contributed by atoms with Crippen molar-refractivity contribution in [1.82, 2.24) is 9.97 Å². The van der Waals surface area contributed by atoms with E-state index in [1.165, 1.54) is 17.2 Å². The molecule has 3 fully saturated rings. The molecule has 8 heteroatoms. The van der Waals surface area contributed by atoms with Crippen LogP contribution in [-0.4, -0.2) is 64.6 Å². The first-order valence-corrected chi connectivity index (χ1v) is 13.8. The van der Waals surface area contributed by atoms with Crippen LogP contribution in [0.25, 0.3) is 22.3 Å². The third-order valence-corrected chi connectivity index (χ3v) is 8.08. The smallest absolute Gasteiger partial charge is 0.193 e. The first-order valence-electron chi connectivity index (χ1n) is 12.2. The maximum atomic E-state index is 10.0. The highest BCUT2D eigenvalue weighted by molar-refractivity contribution is 7.99. The number of nitrogens with one attached hydrogen (secondary N) is 1. The average Bonchev–Trinajstić information content (AvgIpc) is 3.57. The van der Waals surface area contributed by atoms with Crippen molar-refractivity contribution < 1.29 is 14.6 Å². The third kappa shape index (κ3) is 4.63. The Labute approximate surface area is 210 Å². The number of hydrogen-bond acceptors (Lipinski definition) is 6. The van der Waals surface area contributed by atoms with E-state index in [1.54, 1.807) is 0 Å². The quantitative estimate of drug-likeness (QED) is 0.500. The zero-order valence-electron chi connectivity index (χ0n) is 19.7. The normalized spacial score (nSPS) is 26.3. The van der Waals surface area contributed by atoms with Gasteiger partial charge < -0.3 is 24.5 Å². The molecule has 1 aromatic carbocycles. The number of aromatic amines is 1. The SMILES string of the molecule is CC.O[C@@H]1CO[C@H]2C1CC[C@H]2Oc1cc2nc(-c3ccc(N4CCSCC4)cc3)c(Cl)cc2[nH]1. The largest absolute Gasteiger partial charge is 0.473 e. The van der Waals surface area contributed by atoms with Gasteiger partial charge in [0.05, 0.1) is 40.6 Å². The summed E-state index contributed by atoms with van der Waals surface area (Å²) in [5, 5.41) is 10.6. The summed E-state index contributed by atoms with van der Waals surface area (Å²) in [5.74, 6) is 3.20. The lowest BCUT2D eigenvalue weighted by Gasteiger charge is -2.28. The van der Waals surface area contributed by atoms with Gasteiger partial charge in [0.2, 0.25) is 0 Å². The van der Waals surface area contributed by atoms with Crippen LogP contribution in [0.15, 0.2) is 36.4 Å². The maximum Gasteiger partial charge on any atom is 0.193 e. The number of rotatable bonds is 4. The molecule has 0 bridgehead atoms. The molecule has 2 aromatic heterocycles. The highest BCUT2D eigenvalue weighted by Crippen LogP contribution is 2.39. The fraction of sp³-hybridized carbons (Fsp3) is 0.500. The number of fused-ring (bicyclic) bond motifs is 2. The van der Waals surface area contributed by atoms with Crippen molar-refractivity contribution in [3.63, 3.8) is 0 Å². The second kappa shape index (κ2) is 10.4. The molecule has 0 amide bonds. The Morgan fingerprint density at radius 3 is 2.68 bits per heavy atom. The number of halogens is 1. The van der Waals surface area contributed by atoms with Crippen LogP contribution in [0.5, 0.6) is 5.88 Å².